The first kappa shape index (κ1) is 9.66. The van der Waals surface area contributed by atoms with Gasteiger partial charge in [-0.25, -0.2) is 4.79 Å². The second-order valence-electron chi connectivity index (χ2n) is 2.04. The first-order valence-corrected chi connectivity index (χ1v) is 3.02. The lowest BCUT2D eigenvalue weighted by Gasteiger charge is -2.03. The van der Waals surface area contributed by atoms with Crippen LogP contribution in [-0.2, 0) is 9.53 Å². The molecule has 0 fully saturated rings. The molecule has 0 aromatic carbocycles. The van der Waals surface area contributed by atoms with Gasteiger partial charge < -0.3 is 9.84 Å². The normalized spacial score (nSPS) is 11.4. The second kappa shape index (κ2) is 4.47. The summed E-state index contributed by atoms with van der Waals surface area (Å²) in [7, 11) is 0. The van der Waals surface area contributed by atoms with Crippen molar-refractivity contribution in [3.63, 3.8) is 0 Å². The quantitative estimate of drug-likeness (QED) is 0.353. The van der Waals surface area contributed by atoms with Crippen LogP contribution >= 0.6 is 0 Å². The number of rotatable bonds is 3. The van der Waals surface area contributed by atoms with Crippen LogP contribution in [0.3, 0.4) is 0 Å². The van der Waals surface area contributed by atoms with Gasteiger partial charge >= 0.3 is 5.97 Å². The number of hydrogen-bond acceptors (Lipinski definition) is 4. The van der Waals surface area contributed by atoms with Crippen LogP contribution in [0.4, 0.5) is 0 Å². The molecule has 0 radical (unpaired) electrons. The van der Waals surface area contributed by atoms with Crippen molar-refractivity contribution in [2.75, 3.05) is 6.61 Å². The molecular formula is C7H9NO3. The predicted molar refractivity (Wildman–Crippen MR) is 37.4 cm³/mol. The van der Waals surface area contributed by atoms with Gasteiger partial charge in [-0.15, -0.1) is 0 Å². The van der Waals surface area contributed by atoms with Gasteiger partial charge in [0.15, 0.2) is 0 Å². The molecule has 0 saturated heterocycles. The summed E-state index contributed by atoms with van der Waals surface area (Å²) in [5.41, 5.74) is -0.259. The smallest absolute Gasteiger partial charge is 0.348 e. The zero-order chi connectivity index (χ0) is 8.85. The Hall–Kier alpha value is -1.34. The lowest BCUT2D eigenvalue weighted by Crippen LogP contribution is -2.15. The van der Waals surface area contributed by atoms with Crippen molar-refractivity contribution in [3.8, 4) is 6.07 Å². The van der Waals surface area contributed by atoms with Crippen LogP contribution in [0.25, 0.3) is 0 Å². The van der Waals surface area contributed by atoms with Crippen LogP contribution < -0.4 is 0 Å². The van der Waals surface area contributed by atoms with Crippen LogP contribution in [-0.4, -0.2) is 23.8 Å². The number of carbonyl (C=O) groups is 1. The number of ether oxygens (including phenoxy) is 1. The molecule has 0 aliphatic heterocycles. The number of esters is 1. The molecule has 4 heteroatoms. The van der Waals surface area contributed by atoms with E-state index in [2.05, 4.69) is 11.3 Å². The Morgan fingerprint density at radius 3 is 2.82 bits per heavy atom. The molecule has 0 spiro atoms. The molecule has 0 aromatic heterocycles. The standard InChI is InChI=1S/C7H9NO3/c1-5(3-8)7(10)11-4-6(2)9/h6,9H,1,4H2,2H3. The van der Waals surface area contributed by atoms with Crippen LogP contribution in [0.15, 0.2) is 12.2 Å². The summed E-state index contributed by atoms with van der Waals surface area (Å²) in [6.45, 7) is 4.50. The molecule has 11 heavy (non-hydrogen) atoms. The molecule has 1 N–H and O–H groups in total. The van der Waals surface area contributed by atoms with E-state index < -0.39 is 12.1 Å². The number of carbonyl (C=O) groups excluding carboxylic acids is 1. The van der Waals surface area contributed by atoms with Gasteiger partial charge in [-0.05, 0) is 6.92 Å². The van der Waals surface area contributed by atoms with Crippen molar-refractivity contribution >= 4 is 5.97 Å². The van der Waals surface area contributed by atoms with Gasteiger partial charge in [0.25, 0.3) is 0 Å². The van der Waals surface area contributed by atoms with E-state index in [1.807, 2.05) is 0 Å². The van der Waals surface area contributed by atoms with Gasteiger partial charge in [0.1, 0.15) is 18.2 Å². The van der Waals surface area contributed by atoms with Crippen LogP contribution in [0, 0.1) is 11.3 Å². The molecule has 0 bridgehead atoms. The summed E-state index contributed by atoms with van der Waals surface area (Å²) >= 11 is 0. The van der Waals surface area contributed by atoms with Crippen LogP contribution in [0.2, 0.25) is 0 Å². The Morgan fingerprint density at radius 1 is 1.91 bits per heavy atom. The Kier molecular flexibility index (Phi) is 3.93. The van der Waals surface area contributed by atoms with Crippen molar-refractivity contribution in [1.82, 2.24) is 0 Å². The van der Waals surface area contributed by atoms with E-state index in [-0.39, 0.29) is 12.2 Å². The Morgan fingerprint density at radius 2 is 2.45 bits per heavy atom. The van der Waals surface area contributed by atoms with E-state index >= 15 is 0 Å². The van der Waals surface area contributed by atoms with Gasteiger partial charge in [0, 0.05) is 0 Å². The van der Waals surface area contributed by atoms with E-state index in [1.54, 1.807) is 0 Å². The maximum Gasteiger partial charge on any atom is 0.348 e. The summed E-state index contributed by atoms with van der Waals surface area (Å²) < 4.78 is 4.45. The third-order valence-electron chi connectivity index (χ3n) is 0.837. The van der Waals surface area contributed by atoms with Crippen LogP contribution in [0.5, 0.6) is 0 Å². The molecule has 0 amide bonds. The summed E-state index contributed by atoms with van der Waals surface area (Å²) in [4.78, 5) is 10.6. The molecule has 1 unspecified atom stereocenters. The molecule has 0 heterocycles. The fourth-order valence-corrected chi connectivity index (χ4v) is 0.329. The van der Waals surface area contributed by atoms with Gasteiger partial charge in [-0.2, -0.15) is 5.26 Å². The number of aliphatic hydroxyl groups excluding tert-OH is 1. The first-order valence-electron chi connectivity index (χ1n) is 3.02. The second-order valence-corrected chi connectivity index (χ2v) is 2.04. The van der Waals surface area contributed by atoms with E-state index in [1.165, 1.54) is 13.0 Å². The topological polar surface area (TPSA) is 70.3 Å². The summed E-state index contributed by atoms with van der Waals surface area (Å²) in [6, 6.07) is 1.54. The zero-order valence-corrected chi connectivity index (χ0v) is 6.20. The van der Waals surface area contributed by atoms with E-state index in [0.717, 1.165) is 0 Å². The predicted octanol–water partition coefficient (Wildman–Crippen LogP) is -0.00982. The molecule has 0 aromatic rings. The van der Waals surface area contributed by atoms with E-state index in [4.69, 9.17) is 10.4 Å². The number of nitrogens with zero attached hydrogens (tertiary/aromatic N) is 1. The molecule has 1 atom stereocenters. The minimum Gasteiger partial charge on any atom is -0.459 e. The molecule has 0 aliphatic carbocycles. The average Bonchev–Trinajstić information content (AvgIpc) is 1.98. The van der Waals surface area contributed by atoms with Crippen molar-refractivity contribution in [2.45, 2.75) is 13.0 Å². The maximum atomic E-state index is 10.6. The lowest BCUT2D eigenvalue weighted by molar-refractivity contribution is -0.141. The minimum absolute atomic E-state index is 0.112. The molecule has 0 saturated carbocycles. The fraction of sp³-hybridized carbons (Fsp3) is 0.429. The highest BCUT2D eigenvalue weighted by molar-refractivity contribution is 5.91. The highest BCUT2D eigenvalue weighted by Gasteiger charge is 2.07. The summed E-state index contributed by atoms with van der Waals surface area (Å²) in [5.74, 6) is -0.784. The molecule has 60 valence electrons. The molecular weight excluding hydrogens is 146 g/mol. The van der Waals surface area contributed by atoms with Gasteiger partial charge in [-0.3, -0.25) is 0 Å². The van der Waals surface area contributed by atoms with Gasteiger partial charge in [-0.1, -0.05) is 6.58 Å². The van der Waals surface area contributed by atoms with Gasteiger partial charge in [0.2, 0.25) is 0 Å². The summed E-state index contributed by atoms with van der Waals surface area (Å²) in [6.07, 6.45) is -0.717. The number of aliphatic hydroxyl groups is 1. The lowest BCUT2D eigenvalue weighted by atomic mass is 10.3. The zero-order valence-electron chi connectivity index (χ0n) is 6.20. The minimum atomic E-state index is -0.784. The number of nitriles is 1. The third kappa shape index (κ3) is 4.12. The van der Waals surface area contributed by atoms with Crippen molar-refractivity contribution in [1.29, 1.82) is 5.26 Å². The highest BCUT2D eigenvalue weighted by atomic mass is 16.5. The molecule has 0 aliphatic rings. The Balaban J connectivity index is 3.73. The third-order valence-corrected chi connectivity index (χ3v) is 0.837. The molecule has 0 rings (SSSR count). The highest BCUT2D eigenvalue weighted by Crippen LogP contribution is 1.93. The number of hydrogen-bond donors (Lipinski definition) is 1. The summed E-state index contributed by atoms with van der Waals surface area (Å²) in [5, 5.41) is 16.8. The van der Waals surface area contributed by atoms with E-state index in [9.17, 15) is 4.79 Å². The molecule has 4 nitrogen and oxygen atoms in total. The monoisotopic (exact) mass is 155 g/mol. The van der Waals surface area contributed by atoms with Crippen LogP contribution in [0.1, 0.15) is 6.92 Å². The fourth-order valence-electron chi connectivity index (χ4n) is 0.329. The Labute approximate surface area is 64.7 Å². The average molecular weight is 155 g/mol. The first-order chi connectivity index (χ1) is 5.07. The SMILES string of the molecule is C=C(C#N)C(=O)OCC(C)O. The largest absolute Gasteiger partial charge is 0.459 e. The van der Waals surface area contributed by atoms with Crippen molar-refractivity contribution < 1.29 is 14.6 Å². The Bertz CT molecular complexity index is 202. The maximum absolute atomic E-state index is 10.6. The van der Waals surface area contributed by atoms with Gasteiger partial charge in [0.05, 0.1) is 6.10 Å². The van der Waals surface area contributed by atoms with Crippen molar-refractivity contribution in [3.05, 3.63) is 12.2 Å². The van der Waals surface area contributed by atoms with E-state index in [0.29, 0.717) is 0 Å². The van der Waals surface area contributed by atoms with Crippen molar-refractivity contribution in [2.24, 2.45) is 0 Å².